The van der Waals surface area contributed by atoms with E-state index >= 15 is 8.78 Å². The van der Waals surface area contributed by atoms with Gasteiger partial charge < -0.3 is 20.1 Å². The van der Waals surface area contributed by atoms with E-state index in [0.29, 0.717) is 25.7 Å². The SMILES string of the molecule is O=C(O)c1cn(-c2ccc(F)cc2F)c2c(F)c([C@@H]3NCCN4CC(O)CC34)c(F)cc2c1=O. The van der Waals surface area contributed by atoms with Gasteiger partial charge >= 0.3 is 5.97 Å². The van der Waals surface area contributed by atoms with E-state index in [1.165, 1.54) is 0 Å². The van der Waals surface area contributed by atoms with Crippen molar-refractivity contribution >= 4 is 16.9 Å². The van der Waals surface area contributed by atoms with Crippen molar-refractivity contribution in [2.75, 3.05) is 19.6 Å². The molecule has 3 heterocycles. The number of carbonyl (C=O) groups is 1. The summed E-state index contributed by atoms with van der Waals surface area (Å²) >= 11 is 0. The standard InChI is InChI=1S/C23H19F4N3O4/c24-10-1-2-16(14(25)5-10)30-9-13(23(33)34)22(32)12-7-15(26)18(19(27)21(12)30)20-17-6-11(31)8-29(17)4-3-28-20/h1-2,5,7,9,11,17,20,28,31H,3-4,6,8H2,(H,33,34)/t11?,17?,20-/m1/s1. The van der Waals surface area contributed by atoms with Gasteiger partial charge in [0.05, 0.1) is 28.7 Å². The maximum Gasteiger partial charge on any atom is 0.341 e. The van der Waals surface area contributed by atoms with Gasteiger partial charge in [0.2, 0.25) is 5.43 Å². The van der Waals surface area contributed by atoms with Crippen LogP contribution in [0.1, 0.15) is 28.4 Å². The highest BCUT2D eigenvalue weighted by atomic mass is 19.1. The minimum Gasteiger partial charge on any atom is -0.477 e. The van der Waals surface area contributed by atoms with E-state index in [1.807, 2.05) is 4.90 Å². The number of hydrogen-bond acceptors (Lipinski definition) is 5. The van der Waals surface area contributed by atoms with Crippen LogP contribution in [0.4, 0.5) is 17.6 Å². The molecule has 2 aliphatic heterocycles. The third-order valence-electron chi connectivity index (χ3n) is 6.50. The quantitative estimate of drug-likeness (QED) is 0.502. The van der Waals surface area contributed by atoms with Gasteiger partial charge in [-0.3, -0.25) is 9.69 Å². The van der Waals surface area contributed by atoms with Crippen LogP contribution in [0.3, 0.4) is 0 Å². The average Bonchev–Trinajstić information content (AvgIpc) is 3.15. The molecule has 34 heavy (non-hydrogen) atoms. The zero-order valence-electron chi connectivity index (χ0n) is 17.6. The fourth-order valence-electron chi connectivity index (χ4n) is 5.04. The van der Waals surface area contributed by atoms with Crippen LogP contribution in [-0.4, -0.2) is 57.4 Å². The van der Waals surface area contributed by atoms with E-state index in [1.54, 1.807) is 0 Å². The Morgan fingerprint density at radius 3 is 2.59 bits per heavy atom. The van der Waals surface area contributed by atoms with E-state index in [2.05, 4.69) is 5.32 Å². The number of carboxylic acid groups (broad SMARTS) is 1. The molecular weight excluding hydrogens is 458 g/mol. The number of nitrogens with zero attached hydrogens (tertiary/aromatic N) is 2. The maximum absolute atomic E-state index is 16.1. The van der Waals surface area contributed by atoms with Crippen LogP contribution < -0.4 is 10.7 Å². The molecule has 178 valence electrons. The Morgan fingerprint density at radius 1 is 1.12 bits per heavy atom. The summed E-state index contributed by atoms with van der Waals surface area (Å²) < 4.78 is 60.3. The van der Waals surface area contributed by atoms with Gasteiger partial charge in [-0.25, -0.2) is 22.4 Å². The summed E-state index contributed by atoms with van der Waals surface area (Å²) in [7, 11) is 0. The molecule has 3 atom stereocenters. The second-order valence-electron chi connectivity index (χ2n) is 8.51. The van der Waals surface area contributed by atoms with Crippen LogP contribution in [0.5, 0.6) is 0 Å². The number of pyridine rings is 1. The lowest BCUT2D eigenvalue weighted by Gasteiger charge is -2.38. The van der Waals surface area contributed by atoms with Gasteiger partial charge in [0, 0.05) is 43.5 Å². The molecule has 0 saturated carbocycles. The molecule has 0 spiro atoms. The number of rotatable bonds is 3. The summed E-state index contributed by atoms with van der Waals surface area (Å²) in [5.41, 5.74) is -3.33. The Bertz CT molecular complexity index is 1390. The number of benzene rings is 2. The van der Waals surface area contributed by atoms with Gasteiger partial charge in [-0.15, -0.1) is 0 Å². The van der Waals surface area contributed by atoms with E-state index < -0.39 is 80.6 Å². The van der Waals surface area contributed by atoms with Gasteiger partial charge in [-0.1, -0.05) is 0 Å². The van der Waals surface area contributed by atoms with Gasteiger partial charge in [0.15, 0.2) is 5.82 Å². The predicted molar refractivity (Wildman–Crippen MR) is 113 cm³/mol. The molecule has 3 aromatic rings. The summed E-state index contributed by atoms with van der Waals surface area (Å²) in [5, 5.41) is 22.0. The first-order valence-corrected chi connectivity index (χ1v) is 10.6. The molecule has 3 N–H and O–H groups in total. The smallest absolute Gasteiger partial charge is 0.341 e. The average molecular weight is 477 g/mol. The van der Waals surface area contributed by atoms with Crippen LogP contribution in [0, 0.1) is 23.3 Å². The number of aliphatic hydroxyl groups excluding tert-OH is 1. The number of aromatic carboxylic acids is 1. The van der Waals surface area contributed by atoms with Crippen LogP contribution in [-0.2, 0) is 0 Å². The Hall–Kier alpha value is -3.28. The van der Waals surface area contributed by atoms with E-state index in [4.69, 9.17) is 0 Å². The van der Waals surface area contributed by atoms with Crippen molar-refractivity contribution in [2.24, 2.45) is 0 Å². The first-order valence-electron chi connectivity index (χ1n) is 10.6. The predicted octanol–water partition coefficient (Wildman–Crippen LogP) is 2.32. The molecule has 1 aromatic heterocycles. The molecule has 0 radical (unpaired) electrons. The Labute approximate surface area is 189 Å². The highest BCUT2D eigenvalue weighted by Gasteiger charge is 2.42. The van der Waals surface area contributed by atoms with Gasteiger partial charge in [0.25, 0.3) is 0 Å². The Morgan fingerprint density at radius 2 is 1.88 bits per heavy atom. The topological polar surface area (TPSA) is 94.8 Å². The number of hydrogen-bond donors (Lipinski definition) is 3. The Balaban J connectivity index is 1.82. The van der Waals surface area contributed by atoms with Crippen molar-refractivity contribution in [1.82, 2.24) is 14.8 Å². The number of aliphatic hydroxyl groups is 1. The van der Waals surface area contributed by atoms with Crippen LogP contribution in [0.25, 0.3) is 16.6 Å². The Kier molecular flexibility index (Phi) is 5.42. The molecule has 5 rings (SSSR count). The van der Waals surface area contributed by atoms with Crippen molar-refractivity contribution in [1.29, 1.82) is 0 Å². The summed E-state index contributed by atoms with van der Waals surface area (Å²) in [5.74, 6) is -5.96. The van der Waals surface area contributed by atoms with Crippen molar-refractivity contribution < 1.29 is 32.6 Å². The number of aromatic nitrogens is 1. The zero-order valence-corrected chi connectivity index (χ0v) is 17.6. The first-order chi connectivity index (χ1) is 16.2. The summed E-state index contributed by atoms with van der Waals surface area (Å²) in [6, 6.07) is 1.83. The molecule has 0 bridgehead atoms. The van der Waals surface area contributed by atoms with Crippen molar-refractivity contribution in [3.63, 3.8) is 0 Å². The normalized spacial score (nSPS) is 22.8. The fourth-order valence-corrected chi connectivity index (χ4v) is 5.04. The van der Waals surface area contributed by atoms with Crippen LogP contribution >= 0.6 is 0 Å². The second kappa shape index (κ2) is 8.19. The number of piperazine rings is 1. The number of nitrogens with one attached hydrogen (secondary N) is 1. The first kappa shape index (κ1) is 22.5. The summed E-state index contributed by atoms with van der Waals surface area (Å²) in [6.07, 6.45) is 0.350. The van der Waals surface area contributed by atoms with E-state index in [-0.39, 0.29) is 6.42 Å². The lowest BCUT2D eigenvalue weighted by atomic mass is 9.92. The van der Waals surface area contributed by atoms with E-state index in [9.17, 15) is 28.6 Å². The minimum atomic E-state index is -1.67. The molecule has 2 aliphatic rings. The number of halogens is 4. The molecule has 2 saturated heterocycles. The van der Waals surface area contributed by atoms with Crippen molar-refractivity contribution in [3.05, 3.63) is 75.1 Å². The van der Waals surface area contributed by atoms with E-state index in [0.717, 1.165) is 29.0 Å². The molecule has 2 unspecified atom stereocenters. The summed E-state index contributed by atoms with van der Waals surface area (Å²) in [4.78, 5) is 26.3. The molecule has 2 fully saturated rings. The fraction of sp³-hybridized carbons (Fsp3) is 0.304. The zero-order chi connectivity index (χ0) is 24.3. The molecule has 0 amide bonds. The summed E-state index contributed by atoms with van der Waals surface area (Å²) in [6.45, 7) is 1.32. The van der Waals surface area contributed by atoms with Crippen LogP contribution in [0.15, 0.2) is 35.3 Å². The lowest BCUT2D eigenvalue weighted by molar-refractivity contribution is 0.0695. The van der Waals surface area contributed by atoms with Gasteiger partial charge in [0.1, 0.15) is 23.0 Å². The third kappa shape index (κ3) is 3.47. The highest BCUT2D eigenvalue weighted by Crippen LogP contribution is 2.37. The lowest BCUT2D eigenvalue weighted by Crippen LogP contribution is -2.50. The van der Waals surface area contributed by atoms with Gasteiger partial charge in [-0.05, 0) is 24.6 Å². The molecule has 7 nitrogen and oxygen atoms in total. The number of fused-ring (bicyclic) bond motifs is 2. The molecule has 11 heteroatoms. The third-order valence-corrected chi connectivity index (χ3v) is 6.50. The second-order valence-corrected chi connectivity index (χ2v) is 8.51. The monoisotopic (exact) mass is 477 g/mol. The van der Waals surface area contributed by atoms with Crippen molar-refractivity contribution in [2.45, 2.75) is 24.6 Å². The molecule has 2 aromatic carbocycles. The van der Waals surface area contributed by atoms with Crippen molar-refractivity contribution in [3.8, 4) is 5.69 Å². The minimum absolute atomic E-state index is 0.270. The van der Waals surface area contributed by atoms with Gasteiger partial charge in [-0.2, -0.15) is 0 Å². The highest BCUT2D eigenvalue weighted by molar-refractivity contribution is 5.93. The molecule has 0 aliphatic carbocycles. The number of carboxylic acids is 1. The largest absolute Gasteiger partial charge is 0.477 e. The maximum atomic E-state index is 16.1. The molecular formula is C23H19F4N3O4. The van der Waals surface area contributed by atoms with Crippen LogP contribution in [0.2, 0.25) is 0 Å².